The molecule has 0 aromatic heterocycles. The molecule has 2 aliphatic rings. The molecule has 1 amide bonds. The molecule has 7 rings (SSSR count). The lowest BCUT2D eigenvalue weighted by atomic mass is 9.94. The number of carbonyl (C=O) groups excluding carboxylic acids is 3. The molecule has 22 heteroatoms. The minimum atomic E-state index is -5.09. The SMILES string of the molecule is COc1cc(-c2ccc(NN=C3C(=O)c4c(cccc4S(=O)(=O)O)C=C3S(=O)(=O)O)c(OC)c2)ccc1NN=C1C(=O)c2ccc(NC(=O)c3ccccc3)cc2C=C1S(=O)(=O)O. The number of benzene rings is 5. The minimum absolute atomic E-state index is 0.0403. The van der Waals surface area contributed by atoms with Crippen molar-refractivity contribution in [2.75, 3.05) is 30.4 Å². The fourth-order valence-corrected chi connectivity index (χ4v) is 8.57. The quantitative estimate of drug-likeness (QED) is 0.0650. The lowest BCUT2D eigenvalue weighted by Crippen LogP contribution is -2.28. The second-order valence-corrected chi connectivity index (χ2v) is 17.6. The number of anilines is 3. The molecule has 322 valence electrons. The van der Waals surface area contributed by atoms with Crippen molar-refractivity contribution in [3.63, 3.8) is 0 Å². The first kappa shape index (κ1) is 43.7. The Morgan fingerprint density at radius 3 is 1.65 bits per heavy atom. The number of ketones is 2. The molecule has 6 N–H and O–H groups in total. The molecule has 0 spiro atoms. The number of carbonyl (C=O) groups is 3. The fourth-order valence-electron chi connectivity index (χ4n) is 6.54. The van der Waals surface area contributed by atoms with Crippen LogP contribution in [0.5, 0.6) is 11.5 Å². The number of nitrogens with one attached hydrogen (secondary N) is 3. The van der Waals surface area contributed by atoms with Gasteiger partial charge in [0.05, 0.1) is 31.2 Å². The van der Waals surface area contributed by atoms with Crippen LogP contribution in [0.25, 0.3) is 23.3 Å². The minimum Gasteiger partial charge on any atom is -0.494 e. The predicted octanol–water partition coefficient (Wildman–Crippen LogP) is 5.66. The van der Waals surface area contributed by atoms with Crippen LogP contribution in [0.15, 0.2) is 128 Å². The largest absolute Gasteiger partial charge is 0.494 e. The summed E-state index contributed by atoms with van der Waals surface area (Å²) >= 11 is 0. The van der Waals surface area contributed by atoms with E-state index in [0.29, 0.717) is 16.7 Å². The third-order valence-electron chi connectivity index (χ3n) is 9.49. The van der Waals surface area contributed by atoms with Crippen molar-refractivity contribution in [2.24, 2.45) is 10.2 Å². The highest BCUT2D eigenvalue weighted by Crippen LogP contribution is 2.37. The van der Waals surface area contributed by atoms with E-state index in [4.69, 9.17) is 9.47 Å². The number of nitrogens with zero attached hydrogens (tertiary/aromatic N) is 2. The van der Waals surface area contributed by atoms with Crippen molar-refractivity contribution in [1.82, 2.24) is 0 Å². The summed E-state index contributed by atoms with van der Waals surface area (Å²) in [6, 6.07) is 25.1. The first-order valence-electron chi connectivity index (χ1n) is 17.9. The van der Waals surface area contributed by atoms with E-state index in [-0.39, 0.29) is 45.3 Å². The van der Waals surface area contributed by atoms with Crippen molar-refractivity contribution in [3.8, 4) is 22.6 Å². The second-order valence-electron chi connectivity index (χ2n) is 13.4. The average molecular weight is 914 g/mol. The van der Waals surface area contributed by atoms with Crippen LogP contribution >= 0.6 is 0 Å². The molecule has 19 nitrogen and oxygen atoms in total. The number of fused-ring (bicyclic) bond motifs is 2. The van der Waals surface area contributed by atoms with Gasteiger partial charge in [0.15, 0.2) is 11.4 Å². The maximum Gasteiger partial charge on any atom is 0.296 e. The molecule has 0 radical (unpaired) electrons. The molecule has 5 aromatic carbocycles. The highest BCUT2D eigenvalue weighted by atomic mass is 32.2. The number of allylic oxidation sites excluding steroid dienone is 2. The highest BCUT2D eigenvalue weighted by molar-refractivity contribution is 7.91. The maximum absolute atomic E-state index is 13.6. The second kappa shape index (κ2) is 16.8. The van der Waals surface area contributed by atoms with Gasteiger partial charge in [-0.25, -0.2) is 0 Å². The smallest absolute Gasteiger partial charge is 0.296 e. The maximum atomic E-state index is 13.6. The standard InChI is InChI=1S/C41H31N5O14S3/c1-59-31-18-23(24-12-16-30(32(19-24)60-2)44-46-38-34(62(53,54)55)20-25-9-6-10-33(61(50,51)52)36(25)40(38)48)11-15-29(31)43-45-37-35(63(56,57)58)21-26-17-27(13-14-28(26)39(37)47)42-41(49)22-7-4-3-5-8-22/h3-21,43-44H,1-2H3,(H,42,49)(H,50,51,52)(H,53,54,55)(H,56,57,58). The fraction of sp³-hybridized carbons (Fsp3) is 0.0488. The summed E-state index contributed by atoms with van der Waals surface area (Å²) in [5.74, 6) is -2.25. The Kier molecular flexibility index (Phi) is 11.7. The van der Waals surface area contributed by atoms with Crippen LogP contribution in [0.3, 0.4) is 0 Å². The number of rotatable bonds is 12. The Balaban J connectivity index is 1.14. The van der Waals surface area contributed by atoms with Crippen LogP contribution in [0.4, 0.5) is 17.1 Å². The number of Topliss-reactive ketones (excluding diaryl/α,β-unsaturated/α-hetero) is 2. The van der Waals surface area contributed by atoms with Gasteiger partial charge in [-0.3, -0.25) is 38.9 Å². The van der Waals surface area contributed by atoms with E-state index in [1.165, 1.54) is 62.8 Å². The van der Waals surface area contributed by atoms with Gasteiger partial charge in [-0.2, -0.15) is 35.5 Å². The number of hydrogen-bond acceptors (Lipinski definition) is 15. The Labute approximate surface area is 358 Å². The highest BCUT2D eigenvalue weighted by Gasteiger charge is 2.37. The van der Waals surface area contributed by atoms with Gasteiger partial charge < -0.3 is 14.8 Å². The molecule has 0 fully saturated rings. The van der Waals surface area contributed by atoms with Crippen LogP contribution < -0.4 is 25.6 Å². The molecule has 5 aromatic rings. The van der Waals surface area contributed by atoms with Crippen molar-refractivity contribution < 1.29 is 62.8 Å². The van der Waals surface area contributed by atoms with E-state index in [2.05, 4.69) is 26.4 Å². The third kappa shape index (κ3) is 9.02. The molecule has 0 bridgehead atoms. The number of hydrazone groups is 2. The van der Waals surface area contributed by atoms with E-state index in [1.807, 2.05) is 0 Å². The molecule has 0 atom stereocenters. The lowest BCUT2D eigenvalue weighted by molar-refractivity contribution is 0.102. The van der Waals surface area contributed by atoms with Crippen molar-refractivity contribution in [1.29, 1.82) is 0 Å². The predicted molar refractivity (Wildman–Crippen MR) is 232 cm³/mol. The van der Waals surface area contributed by atoms with Gasteiger partial charge in [0, 0.05) is 16.8 Å². The molecule has 0 heterocycles. The third-order valence-corrected chi connectivity index (χ3v) is 12.1. The molecule has 0 saturated heterocycles. The Bertz CT molecular complexity index is 3260. The van der Waals surface area contributed by atoms with Gasteiger partial charge in [0.1, 0.15) is 26.2 Å². The number of amides is 1. The number of hydrogen-bond donors (Lipinski definition) is 6. The van der Waals surface area contributed by atoms with Gasteiger partial charge >= 0.3 is 0 Å². The molecule has 0 unspecified atom stereocenters. The topological polar surface area (TPSA) is 294 Å². The van der Waals surface area contributed by atoms with Crippen LogP contribution in [-0.2, 0) is 30.4 Å². The van der Waals surface area contributed by atoms with Crippen molar-refractivity contribution in [2.45, 2.75) is 4.90 Å². The lowest BCUT2D eigenvalue weighted by Gasteiger charge is -2.18. The zero-order valence-corrected chi connectivity index (χ0v) is 34.9. The Morgan fingerprint density at radius 2 is 1.13 bits per heavy atom. The summed E-state index contributed by atoms with van der Waals surface area (Å²) in [5.41, 5.74) is 4.89. The van der Waals surface area contributed by atoms with Crippen molar-refractivity contribution >= 4 is 88.5 Å². The van der Waals surface area contributed by atoms with Crippen LogP contribution in [0, 0.1) is 0 Å². The van der Waals surface area contributed by atoms with Gasteiger partial charge in [-0.05, 0) is 95.1 Å². The van der Waals surface area contributed by atoms with E-state index in [0.717, 1.165) is 18.2 Å². The van der Waals surface area contributed by atoms with E-state index in [1.54, 1.807) is 48.5 Å². The van der Waals surface area contributed by atoms with E-state index in [9.17, 15) is 53.3 Å². The van der Waals surface area contributed by atoms with Gasteiger partial charge in [0.25, 0.3) is 36.3 Å². The molecule has 0 saturated carbocycles. The van der Waals surface area contributed by atoms with E-state index >= 15 is 0 Å². The van der Waals surface area contributed by atoms with Gasteiger partial charge in [0.2, 0.25) is 11.6 Å². The first-order valence-corrected chi connectivity index (χ1v) is 22.2. The summed E-state index contributed by atoms with van der Waals surface area (Å²) in [4.78, 5) is 37.3. The first-order chi connectivity index (χ1) is 29.8. The average Bonchev–Trinajstić information content (AvgIpc) is 3.24. The summed E-state index contributed by atoms with van der Waals surface area (Å²) < 4.78 is 115. The van der Waals surface area contributed by atoms with Gasteiger partial charge in [-0.1, -0.05) is 42.5 Å². The number of ether oxygens (including phenoxy) is 2. The zero-order valence-electron chi connectivity index (χ0n) is 32.4. The summed E-state index contributed by atoms with van der Waals surface area (Å²) in [5, 5.41) is 10.6. The van der Waals surface area contributed by atoms with E-state index < -0.39 is 79.5 Å². The molecule has 0 aliphatic heterocycles. The zero-order chi connectivity index (χ0) is 45.4. The monoisotopic (exact) mass is 913 g/mol. The molecular weight excluding hydrogens is 883 g/mol. The normalized spacial score (nSPS) is 15.2. The Hall–Kier alpha value is -7.34. The number of methoxy groups -OCH3 is 2. The summed E-state index contributed by atoms with van der Waals surface area (Å²) in [6.07, 6.45) is 1.89. The van der Waals surface area contributed by atoms with Gasteiger partial charge in [-0.15, -0.1) is 0 Å². The Morgan fingerprint density at radius 1 is 0.587 bits per heavy atom. The van der Waals surface area contributed by atoms with Crippen LogP contribution in [0.1, 0.15) is 42.2 Å². The summed E-state index contributed by atoms with van der Waals surface area (Å²) in [6.45, 7) is 0. The molecule has 2 aliphatic carbocycles. The van der Waals surface area contributed by atoms with Crippen LogP contribution in [0.2, 0.25) is 0 Å². The van der Waals surface area contributed by atoms with Crippen molar-refractivity contribution in [3.05, 3.63) is 141 Å². The summed E-state index contributed by atoms with van der Waals surface area (Å²) in [7, 11) is -12.4. The molecule has 63 heavy (non-hydrogen) atoms. The molecular formula is C41H31N5O14S3. The van der Waals surface area contributed by atoms with Crippen LogP contribution in [-0.4, -0.2) is 82.0 Å².